The number of carbonyl (C=O) groups excluding carboxylic acids is 1. The maximum Gasteiger partial charge on any atom is 0.273 e. The Balaban J connectivity index is 3.41. The van der Waals surface area contributed by atoms with Crippen molar-refractivity contribution < 1.29 is 18.0 Å². The fraction of sp³-hybridized carbons (Fsp3) is 0.143. The summed E-state index contributed by atoms with van der Waals surface area (Å²) in [5.41, 5.74) is -1.92. The van der Waals surface area contributed by atoms with Gasteiger partial charge in [-0.25, -0.2) is 18.2 Å². The van der Waals surface area contributed by atoms with Crippen LogP contribution in [0.15, 0.2) is 6.20 Å². The second kappa shape index (κ2) is 4.14. The first-order valence-corrected chi connectivity index (χ1v) is 4.02. The standard InChI is InChI=1S/C7H2Cl2F3NO/c8-2-1-13-5(6(9)14)4(10)3(2)7(11)12/h1,7H. The number of pyridine rings is 1. The molecule has 0 unspecified atom stereocenters. The van der Waals surface area contributed by atoms with Crippen molar-refractivity contribution in [3.05, 3.63) is 28.3 Å². The van der Waals surface area contributed by atoms with Crippen LogP contribution in [-0.2, 0) is 0 Å². The molecule has 0 fully saturated rings. The van der Waals surface area contributed by atoms with Gasteiger partial charge in [-0.05, 0) is 11.6 Å². The Labute approximate surface area is 86.6 Å². The summed E-state index contributed by atoms with van der Waals surface area (Å²) in [5, 5.41) is -1.79. The van der Waals surface area contributed by atoms with Gasteiger partial charge in [0.05, 0.1) is 10.6 Å². The zero-order valence-corrected chi connectivity index (χ0v) is 7.91. The molecule has 76 valence electrons. The number of rotatable bonds is 2. The SMILES string of the molecule is O=C(Cl)c1ncc(Cl)c(C(F)F)c1F. The lowest BCUT2D eigenvalue weighted by atomic mass is 10.2. The lowest BCUT2D eigenvalue weighted by Gasteiger charge is -2.05. The second-order valence-electron chi connectivity index (χ2n) is 2.26. The number of aromatic nitrogens is 1. The first kappa shape index (κ1) is 11.3. The number of alkyl halides is 2. The number of carbonyl (C=O) groups is 1. The van der Waals surface area contributed by atoms with E-state index in [0.29, 0.717) is 0 Å². The largest absolute Gasteiger partial charge is 0.274 e. The molecule has 0 aliphatic heterocycles. The number of nitrogens with zero attached hydrogens (tertiary/aromatic N) is 1. The third-order valence-electron chi connectivity index (χ3n) is 1.41. The molecule has 1 rings (SSSR count). The minimum absolute atomic E-state index is 0.542. The molecule has 1 aromatic rings. The first-order chi connectivity index (χ1) is 6.45. The van der Waals surface area contributed by atoms with Crippen molar-refractivity contribution >= 4 is 28.4 Å². The maximum atomic E-state index is 13.1. The van der Waals surface area contributed by atoms with E-state index in [1.165, 1.54) is 0 Å². The van der Waals surface area contributed by atoms with Crippen molar-refractivity contribution in [2.45, 2.75) is 6.43 Å². The Hall–Kier alpha value is -0.810. The van der Waals surface area contributed by atoms with Gasteiger partial charge < -0.3 is 0 Å². The highest BCUT2D eigenvalue weighted by Crippen LogP contribution is 2.30. The summed E-state index contributed by atoms with van der Waals surface area (Å²) < 4.78 is 37.6. The maximum absolute atomic E-state index is 13.1. The smallest absolute Gasteiger partial charge is 0.273 e. The molecular formula is C7H2Cl2F3NO. The number of halogens is 5. The van der Waals surface area contributed by atoms with Crippen LogP contribution in [0.5, 0.6) is 0 Å². The van der Waals surface area contributed by atoms with Crippen LogP contribution in [0.1, 0.15) is 22.5 Å². The van der Waals surface area contributed by atoms with Gasteiger partial charge >= 0.3 is 0 Å². The summed E-state index contributed by atoms with van der Waals surface area (Å²) in [7, 11) is 0. The Morgan fingerprint density at radius 3 is 2.50 bits per heavy atom. The van der Waals surface area contributed by atoms with Crippen molar-refractivity contribution in [1.82, 2.24) is 4.98 Å². The Bertz CT molecular complexity index is 383. The van der Waals surface area contributed by atoms with E-state index < -0.39 is 33.8 Å². The summed E-state index contributed by atoms with van der Waals surface area (Å²) in [5.74, 6) is -1.48. The number of hydrogen-bond donors (Lipinski definition) is 0. The quantitative estimate of drug-likeness (QED) is 0.747. The van der Waals surface area contributed by atoms with Crippen LogP contribution >= 0.6 is 23.2 Å². The second-order valence-corrected chi connectivity index (χ2v) is 3.01. The van der Waals surface area contributed by atoms with Gasteiger partial charge in [0.15, 0.2) is 11.5 Å². The van der Waals surface area contributed by atoms with E-state index in [-0.39, 0.29) is 0 Å². The summed E-state index contributed by atoms with van der Waals surface area (Å²) in [4.78, 5) is 13.7. The average Bonchev–Trinajstić information content (AvgIpc) is 2.02. The third kappa shape index (κ3) is 1.99. The van der Waals surface area contributed by atoms with E-state index >= 15 is 0 Å². The molecule has 0 saturated heterocycles. The molecule has 0 N–H and O–H groups in total. The molecule has 0 aliphatic carbocycles. The Morgan fingerprint density at radius 2 is 2.07 bits per heavy atom. The molecule has 0 radical (unpaired) electrons. The number of hydrogen-bond acceptors (Lipinski definition) is 2. The minimum atomic E-state index is -3.12. The fourth-order valence-corrected chi connectivity index (χ4v) is 1.16. The lowest BCUT2D eigenvalue weighted by molar-refractivity contribution is 0.107. The Kier molecular flexibility index (Phi) is 3.34. The summed E-state index contributed by atoms with van der Waals surface area (Å²) in [6, 6.07) is 0. The van der Waals surface area contributed by atoms with Crippen molar-refractivity contribution in [3.63, 3.8) is 0 Å². The molecular weight excluding hydrogens is 242 g/mol. The van der Waals surface area contributed by atoms with E-state index in [0.717, 1.165) is 6.20 Å². The predicted molar refractivity (Wildman–Crippen MR) is 44.3 cm³/mol. The summed E-state index contributed by atoms with van der Waals surface area (Å²) in [6.45, 7) is 0. The topological polar surface area (TPSA) is 30.0 Å². The zero-order valence-electron chi connectivity index (χ0n) is 6.40. The van der Waals surface area contributed by atoms with Crippen LogP contribution in [0, 0.1) is 5.82 Å². The monoisotopic (exact) mass is 243 g/mol. The minimum Gasteiger partial charge on any atom is -0.274 e. The molecule has 14 heavy (non-hydrogen) atoms. The molecule has 0 atom stereocenters. The molecule has 0 aromatic carbocycles. The van der Waals surface area contributed by atoms with Crippen LogP contribution < -0.4 is 0 Å². The van der Waals surface area contributed by atoms with Gasteiger partial charge in [-0.3, -0.25) is 4.79 Å². The molecule has 1 aromatic heterocycles. The van der Waals surface area contributed by atoms with Crippen molar-refractivity contribution in [2.24, 2.45) is 0 Å². The average molecular weight is 244 g/mol. The highest BCUT2D eigenvalue weighted by molar-refractivity contribution is 6.67. The van der Waals surface area contributed by atoms with Crippen molar-refractivity contribution in [1.29, 1.82) is 0 Å². The van der Waals surface area contributed by atoms with Crippen LogP contribution in [0.3, 0.4) is 0 Å². The van der Waals surface area contributed by atoms with E-state index in [1.807, 2.05) is 0 Å². The fourth-order valence-electron chi connectivity index (χ4n) is 0.817. The van der Waals surface area contributed by atoms with Crippen LogP contribution in [-0.4, -0.2) is 10.2 Å². The van der Waals surface area contributed by atoms with Gasteiger partial charge in [0.2, 0.25) is 0 Å². The normalized spacial score (nSPS) is 10.7. The molecule has 1 heterocycles. The lowest BCUT2D eigenvalue weighted by Crippen LogP contribution is -2.04. The third-order valence-corrected chi connectivity index (χ3v) is 1.89. The summed E-state index contributed by atoms with van der Waals surface area (Å²) >= 11 is 10.2. The predicted octanol–water partition coefficient (Wildman–Crippen LogP) is 3.19. The molecule has 0 aliphatic rings. The zero-order chi connectivity index (χ0) is 10.9. The van der Waals surface area contributed by atoms with Gasteiger partial charge in [-0.15, -0.1) is 0 Å². The first-order valence-electron chi connectivity index (χ1n) is 3.27. The van der Waals surface area contributed by atoms with E-state index in [9.17, 15) is 18.0 Å². The highest BCUT2D eigenvalue weighted by Gasteiger charge is 2.23. The van der Waals surface area contributed by atoms with E-state index in [1.54, 1.807) is 0 Å². The Morgan fingerprint density at radius 1 is 1.50 bits per heavy atom. The van der Waals surface area contributed by atoms with Crippen LogP contribution in [0.4, 0.5) is 13.2 Å². The van der Waals surface area contributed by atoms with Gasteiger partial charge in [0.1, 0.15) is 0 Å². The highest BCUT2D eigenvalue weighted by atomic mass is 35.5. The van der Waals surface area contributed by atoms with E-state index in [2.05, 4.69) is 4.98 Å². The molecule has 0 bridgehead atoms. The van der Waals surface area contributed by atoms with E-state index in [4.69, 9.17) is 23.2 Å². The van der Waals surface area contributed by atoms with Gasteiger partial charge in [-0.2, -0.15) is 0 Å². The molecule has 0 amide bonds. The van der Waals surface area contributed by atoms with Gasteiger partial charge in [-0.1, -0.05) is 11.6 Å². The molecule has 7 heteroatoms. The van der Waals surface area contributed by atoms with Crippen LogP contribution in [0.25, 0.3) is 0 Å². The van der Waals surface area contributed by atoms with Crippen molar-refractivity contribution in [2.75, 3.05) is 0 Å². The summed E-state index contributed by atoms with van der Waals surface area (Å²) in [6.07, 6.45) is -2.37. The van der Waals surface area contributed by atoms with Crippen molar-refractivity contribution in [3.8, 4) is 0 Å². The van der Waals surface area contributed by atoms with Gasteiger partial charge in [0, 0.05) is 6.20 Å². The molecule has 0 spiro atoms. The van der Waals surface area contributed by atoms with Gasteiger partial charge in [0.25, 0.3) is 11.7 Å². The molecule has 2 nitrogen and oxygen atoms in total. The van der Waals surface area contributed by atoms with Crippen LogP contribution in [0.2, 0.25) is 5.02 Å². The molecule has 0 saturated carbocycles.